The quantitative estimate of drug-likeness (QED) is 0.422. The molecular weight excluding hydrogens is 437 g/mol. The van der Waals surface area contributed by atoms with Crippen molar-refractivity contribution in [3.63, 3.8) is 0 Å². The molecule has 0 bridgehead atoms. The van der Waals surface area contributed by atoms with E-state index in [1.807, 2.05) is 6.07 Å². The fourth-order valence-corrected chi connectivity index (χ4v) is 4.16. The molecular formula is C25H26FN5O3. The van der Waals surface area contributed by atoms with Crippen molar-refractivity contribution in [1.29, 1.82) is 0 Å². The van der Waals surface area contributed by atoms with Gasteiger partial charge in [-0.15, -0.1) is 0 Å². The molecule has 1 atom stereocenters. The normalized spacial score (nSPS) is 15.7. The number of anilines is 2. The molecule has 9 heteroatoms. The number of rotatable bonds is 6. The Morgan fingerprint density at radius 1 is 1.24 bits per heavy atom. The Bertz CT molecular complexity index is 1230. The Labute approximate surface area is 196 Å². The van der Waals surface area contributed by atoms with Gasteiger partial charge in [-0.1, -0.05) is 0 Å². The van der Waals surface area contributed by atoms with Crippen LogP contribution in [-0.4, -0.2) is 48.0 Å². The molecule has 34 heavy (non-hydrogen) atoms. The SMILES string of the molecule is COC(=O)c1ccc(-c2ccc(N)c(C(=O)Cc3cnccc3N3CCC[C@H](N)C3)n2)c(F)c1. The van der Waals surface area contributed by atoms with Crippen LogP contribution in [0.25, 0.3) is 11.3 Å². The first-order valence-corrected chi connectivity index (χ1v) is 11.0. The molecule has 3 heterocycles. The van der Waals surface area contributed by atoms with E-state index in [0.29, 0.717) is 6.54 Å². The average Bonchev–Trinajstić information content (AvgIpc) is 2.84. The number of methoxy groups -OCH3 is 1. The number of carbonyl (C=O) groups is 2. The van der Waals surface area contributed by atoms with Crippen molar-refractivity contribution in [1.82, 2.24) is 9.97 Å². The summed E-state index contributed by atoms with van der Waals surface area (Å²) in [5, 5.41) is 0. The summed E-state index contributed by atoms with van der Waals surface area (Å²) in [6, 6.07) is 8.96. The zero-order valence-electron chi connectivity index (χ0n) is 18.8. The number of pyridine rings is 2. The monoisotopic (exact) mass is 463 g/mol. The number of benzene rings is 1. The fourth-order valence-electron chi connectivity index (χ4n) is 4.16. The summed E-state index contributed by atoms with van der Waals surface area (Å²) in [4.78, 5) is 35.6. The minimum Gasteiger partial charge on any atom is -0.465 e. The predicted octanol–water partition coefficient (Wildman–Crippen LogP) is 3.00. The number of ketones is 1. The predicted molar refractivity (Wildman–Crippen MR) is 127 cm³/mol. The van der Waals surface area contributed by atoms with E-state index in [1.54, 1.807) is 12.4 Å². The highest BCUT2D eigenvalue weighted by atomic mass is 19.1. The zero-order valence-corrected chi connectivity index (χ0v) is 18.8. The highest BCUT2D eigenvalue weighted by molar-refractivity contribution is 6.01. The van der Waals surface area contributed by atoms with Gasteiger partial charge in [0.25, 0.3) is 0 Å². The summed E-state index contributed by atoms with van der Waals surface area (Å²) >= 11 is 0. The smallest absolute Gasteiger partial charge is 0.337 e. The molecule has 4 rings (SSSR count). The molecule has 0 aliphatic carbocycles. The number of ether oxygens (including phenoxy) is 1. The number of halogens is 1. The Balaban J connectivity index is 1.61. The van der Waals surface area contributed by atoms with Gasteiger partial charge in [-0.2, -0.15) is 0 Å². The van der Waals surface area contributed by atoms with Crippen LogP contribution >= 0.6 is 0 Å². The molecule has 0 unspecified atom stereocenters. The van der Waals surface area contributed by atoms with Crippen LogP contribution in [0.5, 0.6) is 0 Å². The lowest BCUT2D eigenvalue weighted by Crippen LogP contribution is -2.43. The molecule has 4 N–H and O–H groups in total. The molecule has 0 spiro atoms. The van der Waals surface area contributed by atoms with Gasteiger partial charge in [0.2, 0.25) is 0 Å². The summed E-state index contributed by atoms with van der Waals surface area (Å²) in [7, 11) is 1.22. The number of Topliss-reactive ketones (excluding diaryl/α,β-unsaturated/α-hetero) is 1. The van der Waals surface area contributed by atoms with Gasteiger partial charge >= 0.3 is 5.97 Å². The van der Waals surface area contributed by atoms with E-state index in [1.165, 1.54) is 31.4 Å². The van der Waals surface area contributed by atoms with E-state index in [9.17, 15) is 14.0 Å². The third kappa shape index (κ3) is 4.89. The van der Waals surface area contributed by atoms with Crippen LogP contribution in [0.3, 0.4) is 0 Å². The largest absolute Gasteiger partial charge is 0.465 e. The third-order valence-corrected chi connectivity index (χ3v) is 5.88. The number of nitrogens with two attached hydrogens (primary N) is 2. The number of nitrogen functional groups attached to an aromatic ring is 1. The zero-order chi connectivity index (χ0) is 24.2. The average molecular weight is 464 g/mol. The molecule has 8 nitrogen and oxygen atoms in total. The van der Waals surface area contributed by atoms with Gasteiger partial charge in [-0.3, -0.25) is 9.78 Å². The molecule has 1 saturated heterocycles. The van der Waals surface area contributed by atoms with Gasteiger partial charge in [0.05, 0.1) is 24.1 Å². The molecule has 1 fully saturated rings. The molecule has 0 radical (unpaired) electrons. The molecule has 1 aliphatic heterocycles. The first-order chi connectivity index (χ1) is 16.4. The van der Waals surface area contributed by atoms with E-state index in [0.717, 1.165) is 36.7 Å². The maximum Gasteiger partial charge on any atom is 0.337 e. The first-order valence-electron chi connectivity index (χ1n) is 11.0. The molecule has 2 aromatic heterocycles. The Morgan fingerprint density at radius 2 is 2.06 bits per heavy atom. The number of piperidine rings is 1. The molecule has 3 aromatic rings. The standard InChI is InChI=1S/C25H26FN5O3/c1-34-25(33)15-4-5-18(19(26)11-15)21-7-6-20(28)24(30-21)23(32)12-16-13-29-9-8-22(16)31-10-2-3-17(27)14-31/h4-9,11,13,17H,2-3,10,12,14,27-28H2,1H3/t17-/m0/s1. The van der Waals surface area contributed by atoms with E-state index in [-0.39, 0.29) is 46.4 Å². The van der Waals surface area contributed by atoms with Crippen LogP contribution in [0, 0.1) is 5.82 Å². The van der Waals surface area contributed by atoms with Crippen molar-refractivity contribution in [3.05, 3.63) is 71.4 Å². The highest BCUT2D eigenvalue weighted by Crippen LogP contribution is 2.27. The number of esters is 1. The number of nitrogens with zero attached hydrogens (tertiary/aromatic N) is 3. The lowest BCUT2D eigenvalue weighted by atomic mass is 10.0. The van der Waals surface area contributed by atoms with Crippen molar-refractivity contribution < 1.29 is 18.7 Å². The minimum atomic E-state index is -0.658. The number of hydrogen-bond donors (Lipinski definition) is 2. The first kappa shape index (κ1) is 23.3. The molecule has 0 amide bonds. The number of carbonyl (C=O) groups excluding carboxylic acids is 2. The number of aromatic nitrogens is 2. The molecule has 1 aliphatic rings. The second kappa shape index (κ2) is 9.96. The Kier molecular flexibility index (Phi) is 6.83. The van der Waals surface area contributed by atoms with E-state index >= 15 is 0 Å². The van der Waals surface area contributed by atoms with Crippen molar-refractivity contribution in [2.75, 3.05) is 30.8 Å². The summed E-state index contributed by atoms with van der Waals surface area (Å²) in [5.74, 6) is -1.61. The van der Waals surface area contributed by atoms with E-state index in [4.69, 9.17) is 11.5 Å². The number of hydrogen-bond acceptors (Lipinski definition) is 8. The fraction of sp³-hybridized carbons (Fsp3) is 0.280. The molecule has 176 valence electrons. The third-order valence-electron chi connectivity index (χ3n) is 5.88. The molecule has 1 aromatic carbocycles. The summed E-state index contributed by atoms with van der Waals surface area (Å²) in [5.41, 5.74) is 14.6. The molecule has 0 saturated carbocycles. The van der Waals surface area contributed by atoms with Gasteiger partial charge in [0, 0.05) is 54.8 Å². The van der Waals surface area contributed by atoms with Crippen LogP contribution in [0.15, 0.2) is 48.8 Å². The highest BCUT2D eigenvalue weighted by Gasteiger charge is 2.22. The van der Waals surface area contributed by atoms with Crippen molar-refractivity contribution in [2.45, 2.75) is 25.3 Å². The van der Waals surface area contributed by atoms with Gasteiger partial charge in [0.15, 0.2) is 5.78 Å². The summed E-state index contributed by atoms with van der Waals surface area (Å²) in [6.07, 6.45) is 5.35. The summed E-state index contributed by atoms with van der Waals surface area (Å²) in [6.45, 7) is 1.57. The maximum atomic E-state index is 14.7. The Hall–Kier alpha value is -3.85. The topological polar surface area (TPSA) is 124 Å². The van der Waals surface area contributed by atoms with Gasteiger partial charge < -0.3 is 21.1 Å². The van der Waals surface area contributed by atoms with Crippen molar-refractivity contribution in [3.8, 4) is 11.3 Å². The van der Waals surface area contributed by atoms with Crippen LogP contribution in [0.2, 0.25) is 0 Å². The summed E-state index contributed by atoms with van der Waals surface area (Å²) < 4.78 is 19.3. The second-order valence-corrected chi connectivity index (χ2v) is 8.27. The second-order valence-electron chi connectivity index (χ2n) is 8.27. The van der Waals surface area contributed by atoms with Crippen LogP contribution in [-0.2, 0) is 11.2 Å². The van der Waals surface area contributed by atoms with Crippen LogP contribution in [0.4, 0.5) is 15.8 Å². The van der Waals surface area contributed by atoms with Gasteiger partial charge in [-0.05, 0) is 49.2 Å². The Morgan fingerprint density at radius 3 is 2.79 bits per heavy atom. The van der Waals surface area contributed by atoms with E-state index in [2.05, 4.69) is 19.6 Å². The lowest BCUT2D eigenvalue weighted by molar-refractivity contribution is 0.0600. The maximum absolute atomic E-state index is 14.7. The minimum absolute atomic E-state index is 0.0410. The van der Waals surface area contributed by atoms with Gasteiger partial charge in [-0.25, -0.2) is 14.2 Å². The van der Waals surface area contributed by atoms with Crippen molar-refractivity contribution >= 4 is 23.1 Å². The van der Waals surface area contributed by atoms with Crippen molar-refractivity contribution in [2.24, 2.45) is 5.73 Å². The van der Waals surface area contributed by atoms with E-state index < -0.39 is 11.8 Å². The van der Waals surface area contributed by atoms with Crippen LogP contribution < -0.4 is 16.4 Å². The van der Waals surface area contributed by atoms with Crippen LogP contribution in [0.1, 0.15) is 39.3 Å². The lowest BCUT2D eigenvalue weighted by Gasteiger charge is -2.33. The van der Waals surface area contributed by atoms with Gasteiger partial charge in [0.1, 0.15) is 11.5 Å².